The first-order chi connectivity index (χ1) is 14.6. The van der Waals surface area contributed by atoms with Gasteiger partial charge in [0.2, 0.25) is 5.91 Å². The number of carbonyl (C=O) groups excluding carboxylic acids is 1. The molecule has 6 nitrogen and oxygen atoms in total. The molecular formula is C23H21FN4O2. The van der Waals surface area contributed by atoms with E-state index in [1.165, 1.54) is 12.1 Å². The smallest absolute Gasteiger partial charge is 0.230 e. The quantitative estimate of drug-likeness (QED) is 0.639. The molecular weight excluding hydrogens is 383 g/mol. The highest BCUT2D eigenvalue weighted by atomic mass is 19.1. The number of hydrogen-bond donors (Lipinski definition) is 0. The monoisotopic (exact) mass is 404 g/mol. The third-order valence-corrected chi connectivity index (χ3v) is 5.33. The molecule has 1 aliphatic heterocycles. The molecule has 2 aromatic heterocycles. The number of piperidine rings is 1. The number of anilines is 2. The summed E-state index contributed by atoms with van der Waals surface area (Å²) in [5.74, 6) is 0.859. The minimum Gasteiger partial charge on any atom is -0.467 e. The van der Waals surface area contributed by atoms with Crippen molar-refractivity contribution in [2.45, 2.75) is 19.4 Å². The van der Waals surface area contributed by atoms with Gasteiger partial charge < -0.3 is 14.2 Å². The van der Waals surface area contributed by atoms with Crippen molar-refractivity contribution in [3.05, 3.63) is 78.1 Å². The number of benzene rings is 1. The molecule has 0 radical (unpaired) electrons. The molecule has 4 rings (SSSR count). The van der Waals surface area contributed by atoms with Crippen molar-refractivity contribution in [3.8, 4) is 6.07 Å². The summed E-state index contributed by atoms with van der Waals surface area (Å²) in [5.41, 5.74) is 1.04. The van der Waals surface area contributed by atoms with Gasteiger partial charge in [-0.2, -0.15) is 5.26 Å². The molecule has 1 fully saturated rings. The average molecular weight is 404 g/mol. The van der Waals surface area contributed by atoms with Crippen LogP contribution in [0.1, 0.15) is 24.2 Å². The van der Waals surface area contributed by atoms with Crippen LogP contribution in [0.15, 0.2) is 65.4 Å². The van der Waals surface area contributed by atoms with Gasteiger partial charge in [-0.05, 0) is 55.3 Å². The number of aromatic nitrogens is 1. The van der Waals surface area contributed by atoms with Gasteiger partial charge in [0.1, 0.15) is 23.5 Å². The molecule has 0 unspecified atom stereocenters. The van der Waals surface area contributed by atoms with Crippen molar-refractivity contribution >= 4 is 17.4 Å². The summed E-state index contributed by atoms with van der Waals surface area (Å²) < 4.78 is 19.2. The van der Waals surface area contributed by atoms with Gasteiger partial charge in [0.05, 0.1) is 18.4 Å². The van der Waals surface area contributed by atoms with Gasteiger partial charge in [-0.15, -0.1) is 0 Å². The van der Waals surface area contributed by atoms with Gasteiger partial charge in [-0.25, -0.2) is 9.37 Å². The maximum atomic E-state index is 13.8. The number of rotatable bonds is 5. The SMILES string of the molecule is N#Cc1ccc(N2CCC(C(=O)N(Cc3ccco3)c3cccc(F)c3)CC2)nc1. The van der Waals surface area contributed by atoms with E-state index in [9.17, 15) is 9.18 Å². The zero-order chi connectivity index (χ0) is 20.9. The van der Waals surface area contributed by atoms with E-state index in [0.717, 1.165) is 5.82 Å². The largest absolute Gasteiger partial charge is 0.467 e. The molecule has 0 N–H and O–H groups in total. The van der Waals surface area contributed by atoms with E-state index in [4.69, 9.17) is 9.68 Å². The first kappa shape index (κ1) is 19.6. The maximum Gasteiger partial charge on any atom is 0.230 e. The second-order valence-electron chi connectivity index (χ2n) is 7.26. The lowest BCUT2D eigenvalue weighted by molar-refractivity contribution is -0.123. The van der Waals surface area contributed by atoms with Crippen LogP contribution in [0.3, 0.4) is 0 Å². The van der Waals surface area contributed by atoms with E-state index >= 15 is 0 Å². The van der Waals surface area contributed by atoms with Gasteiger partial charge >= 0.3 is 0 Å². The molecule has 7 heteroatoms. The van der Waals surface area contributed by atoms with E-state index in [2.05, 4.69) is 16.0 Å². The Balaban J connectivity index is 1.47. The predicted octanol–water partition coefficient (Wildman–Crippen LogP) is 4.14. The van der Waals surface area contributed by atoms with Gasteiger partial charge in [-0.1, -0.05) is 6.07 Å². The highest BCUT2D eigenvalue weighted by Gasteiger charge is 2.30. The molecule has 3 aromatic rings. The Hall–Kier alpha value is -3.66. The zero-order valence-corrected chi connectivity index (χ0v) is 16.4. The number of halogens is 1. The predicted molar refractivity (Wildman–Crippen MR) is 110 cm³/mol. The molecule has 1 aromatic carbocycles. The third-order valence-electron chi connectivity index (χ3n) is 5.33. The summed E-state index contributed by atoms with van der Waals surface area (Å²) in [6, 6.07) is 15.3. The fourth-order valence-electron chi connectivity index (χ4n) is 3.71. The van der Waals surface area contributed by atoms with Crippen LogP contribution in [0, 0.1) is 23.1 Å². The summed E-state index contributed by atoms with van der Waals surface area (Å²) in [6.45, 7) is 1.63. The van der Waals surface area contributed by atoms with E-state index < -0.39 is 0 Å². The Morgan fingerprint density at radius 2 is 2.07 bits per heavy atom. The van der Waals surface area contributed by atoms with Crippen molar-refractivity contribution in [2.24, 2.45) is 5.92 Å². The average Bonchev–Trinajstić information content (AvgIpc) is 3.30. The Kier molecular flexibility index (Phi) is 5.75. The summed E-state index contributed by atoms with van der Waals surface area (Å²) in [5, 5.41) is 8.91. The fraction of sp³-hybridized carbons (Fsp3) is 0.261. The number of furan rings is 1. The number of amides is 1. The number of pyridine rings is 1. The van der Waals surface area contributed by atoms with Crippen LogP contribution in [0.25, 0.3) is 0 Å². The second kappa shape index (κ2) is 8.78. The molecule has 0 saturated carbocycles. The Bertz CT molecular complexity index is 1040. The van der Waals surface area contributed by atoms with Crippen LogP contribution in [-0.2, 0) is 11.3 Å². The molecule has 152 valence electrons. The van der Waals surface area contributed by atoms with E-state index in [0.29, 0.717) is 42.9 Å². The number of carbonyl (C=O) groups is 1. The van der Waals surface area contributed by atoms with Gasteiger partial charge in [0, 0.05) is 30.9 Å². The van der Waals surface area contributed by atoms with Crippen molar-refractivity contribution in [2.75, 3.05) is 22.9 Å². The van der Waals surface area contributed by atoms with Crippen molar-refractivity contribution in [1.29, 1.82) is 5.26 Å². The Morgan fingerprint density at radius 3 is 2.70 bits per heavy atom. The number of nitrogens with zero attached hydrogens (tertiary/aromatic N) is 4. The molecule has 0 atom stereocenters. The first-order valence-electron chi connectivity index (χ1n) is 9.84. The lowest BCUT2D eigenvalue weighted by Crippen LogP contribution is -2.42. The minimum atomic E-state index is -0.383. The molecule has 1 amide bonds. The van der Waals surface area contributed by atoms with Crippen LogP contribution in [0.4, 0.5) is 15.9 Å². The minimum absolute atomic E-state index is 0.0376. The van der Waals surface area contributed by atoms with Crippen molar-refractivity contribution in [1.82, 2.24) is 4.98 Å². The molecule has 30 heavy (non-hydrogen) atoms. The van der Waals surface area contributed by atoms with Crippen LogP contribution in [0.2, 0.25) is 0 Å². The van der Waals surface area contributed by atoms with Crippen molar-refractivity contribution < 1.29 is 13.6 Å². The van der Waals surface area contributed by atoms with Crippen molar-refractivity contribution in [3.63, 3.8) is 0 Å². The van der Waals surface area contributed by atoms with Crippen LogP contribution in [0.5, 0.6) is 0 Å². The third kappa shape index (κ3) is 4.33. The van der Waals surface area contributed by atoms with Crippen LogP contribution < -0.4 is 9.80 Å². The van der Waals surface area contributed by atoms with E-state index in [1.54, 1.807) is 47.7 Å². The van der Waals surface area contributed by atoms with E-state index in [1.807, 2.05) is 6.07 Å². The summed E-state index contributed by atoms with van der Waals surface area (Å²) in [6.07, 6.45) is 4.46. The summed E-state index contributed by atoms with van der Waals surface area (Å²) in [7, 11) is 0. The fourth-order valence-corrected chi connectivity index (χ4v) is 3.71. The lowest BCUT2D eigenvalue weighted by Gasteiger charge is -2.34. The molecule has 1 saturated heterocycles. The number of hydrogen-bond acceptors (Lipinski definition) is 5. The van der Waals surface area contributed by atoms with Gasteiger partial charge in [0.15, 0.2) is 0 Å². The zero-order valence-electron chi connectivity index (χ0n) is 16.4. The highest BCUT2D eigenvalue weighted by Crippen LogP contribution is 2.27. The highest BCUT2D eigenvalue weighted by molar-refractivity contribution is 5.95. The van der Waals surface area contributed by atoms with E-state index in [-0.39, 0.29) is 24.2 Å². The molecule has 0 aliphatic carbocycles. The molecule has 0 bridgehead atoms. The standard InChI is InChI=1S/C23H21FN4O2/c24-19-3-1-4-20(13-19)28(16-21-5-2-12-30-21)23(29)18-8-10-27(11-9-18)22-7-6-17(14-25)15-26-22/h1-7,12-13,15,18H,8-11,16H2. The van der Waals surface area contributed by atoms with Gasteiger partial charge in [-0.3, -0.25) is 4.79 Å². The first-order valence-corrected chi connectivity index (χ1v) is 9.84. The summed E-state index contributed by atoms with van der Waals surface area (Å²) >= 11 is 0. The second-order valence-corrected chi connectivity index (χ2v) is 7.26. The normalized spacial score (nSPS) is 14.3. The lowest BCUT2D eigenvalue weighted by atomic mass is 9.94. The summed E-state index contributed by atoms with van der Waals surface area (Å²) in [4.78, 5) is 21.4. The molecule has 0 spiro atoms. The van der Waals surface area contributed by atoms with Crippen LogP contribution >= 0.6 is 0 Å². The maximum absolute atomic E-state index is 13.8. The Labute approximate surface area is 174 Å². The molecule has 1 aliphatic rings. The van der Waals surface area contributed by atoms with Crippen LogP contribution in [-0.4, -0.2) is 24.0 Å². The topological polar surface area (TPSA) is 73.4 Å². The molecule has 3 heterocycles. The van der Waals surface area contributed by atoms with Gasteiger partial charge in [0.25, 0.3) is 0 Å². The number of nitriles is 1. The Morgan fingerprint density at radius 1 is 1.23 bits per heavy atom.